The molecule has 0 aliphatic rings. The molecule has 0 aromatic heterocycles. The van der Waals surface area contributed by atoms with Crippen molar-refractivity contribution in [1.82, 2.24) is 0 Å². The molecule has 0 fully saturated rings. The van der Waals surface area contributed by atoms with Crippen LogP contribution in [0.5, 0.6) is 0 Å². The molecule has 2 nitrogen and oxygen atoms in total. The van der Waals surface area contributed by atoms with Gasteiger partial charge in [0, 0.05) is 10.4 Å². The molecular weight excluding hydrogens is 298 g/mol. The first kappa shape index (κ1) is 13.5. The summed E-state index contributed by atoms with van der Waals surface area (Å²) in [5.41, 5.74) is 1.06. The SMILES string of the molecule is CCOC(=O)Cc1cc(CBr)c(Cl)cc1F. The monoisotopic (exact) mass is 308 g/mol. The van der Waals surface area contributed by atoms with Gasteiger partial charge in [-0.25, -0.2) is 4.39 Å². The number of esters is 1. The highest BCUT2D eigenvalue weighted by Crippen LogP contribution is 2.23. The van der Waals surface area contributed by atoms with Crippen molar-refractivity contribution >= 4 is 33.5 Å². The Balaban J connectivity index is 2.91. The highest BCUT2D eigenvalue weighted by molar-refractivity contribution is 9.08. The quantitative estimate of drug-likeness (QED) is 0.629. The molecule has 0 saturated heterocycles. The van der Waals surface area contributed by atoms with Crippen molar-refractivity contribution < 1.29 is 13.9 Å². The number of hydrogen-bond acceptors (Lipinski definition) is 2. The van der Waals surface area contributed by atoms with Crippen LogP contribution in [-0.2, 0) is 21.3 Å². The van der Waals surface area contributed by atoms with Gasteiger partial charge in [0.05, 0.1) is 13.0 Å². The second-order valence-electron chi connectivity index (χ2n) is 3.15. The van der Waals surface area contributed by atoms with Crippen LogP contribution in [0.1, 0.15) is 18.1 Å². The second-order valence-corrected chi connectivity index (χ2v) is 4.12. The average molecular weight is 310 g/mol. The van der Waals surface area contributed by atoms with Crippen LogP contribution in [0.3, 0.4) is 0 Å². The minimum Gasteiger partial charge on any atom is -0.466 e. The Bertz CT molecular complexity index is 396. The first-order valence-corrected chi connectivity index (χ1v) is 6.26. The zero-order valence-corrected chi connectivity index (χ0v) is 11.1. The zero-order valence-electron chi connectivity index (χ0n) is 8.73. The van der Waals surface area contributed by atoms with Crippen LogP contribution in [0.15, 0.2) is 12.1 Å². The molecule has 0 radical (unpaired) electrons. The predicted molar refractivity (Wildman–Crippen MR) is 64.4 cm³/mol. The van der Waals surface area contributed by atoms with Gasteiger partial charge in [-0.1, -0.05) is 27.5 Å². The number of benzene rings is 1. The van der Waals surface area contributed by atoms with Gasteiger partial charge in [-0.3, -0.25) is 4.79 Å². The molecule has 0 bridgehead atoms. The molecule has 88 valence electrons. The third kappa shape index (κ3) is 3.46. The molecule has 0 spiro atoms. The van der Waals surface area contributed by atoms with E-state index < -0.39 is 11.8 Å². The first-order valence-electron chi connectivity index (χ1n) is 4.76. The molecule has 0 amide bonds. The van der Waals surface area contributed by atoms with Crippen molar-refractivity contribution in [2.45, 2.75) is 18.7 Å². The van der Waals surface area contributed by atoms with Gasteiger partial charge >= 0.3 is 5.97 Å². The molecule has 1 rings (SSSR count). The number of carbonyl (C=O) groups is 1. The number of ether oxygens (including phenoxy) is 1. The van der Waals surface area contributed by atoms with E-state index in [-0.39, 0.29) is 6.42 Å². The second kappa shape index (κ2) is 6.21. The van der Waals surface area contributed by atoms with E-state index in [2.05, 4.69) is 15.9 Å². The highest BCUT2D eigenvalue weighted by Gasteiger charge is 2.12. The van der Waals surface area contributed by atoms with Gasteiger partial charge in [-0.2, -0.15) is 0 Å². The lowest BCUT2D eigenvalue weighted by molar-refractivity contribution is -0.142. The summed E-state index contributed by atoms with van der Waals surface area (Å²) in [6, 6.07) is 2.79. The summed E-state index contributed by atoms with van der Waals surface area (Å²) in [6.45, 7) is 2.00. The normalized spacial score (nSPS) is 10.2. The lowest BCUT2D eigenvalue weighted by Gasteiger charge is -2.07. The Hall–Kier alpha value is -0.610. The van der Waals surface area contributed by atoms with Gasteiger partial charge in [-0.15, -0.1) is 0 Å². The molecule has 0 aliphatic carbocycles. The van der Waals surface area contributed by atoms with Crippen molar-refractivity contribution in [3.05, 3.63) is 34.1 Å². The van der Waals surface area contributed by atoms with Crippen LogP contribution in [-0.4, -0.2) is 12.6 Å². The summed E-state index contributed by atoms with van der Waals surface area (Å²) in [6.07, 6.45) is -0.0726. The maximum absolute atomic E-state index is 13.5. The molecule has 0 N–H and O–H groups in total. The molecular formula is C11H11BrClFO2. The van der Waals surface area contributed by atoms with E-state index in [0.717, 1.165) is 5.56 Å². The van der Waals surface area contributed by atoms with Gasteiger partial charge < -0.3 is 4.74 Å². The lowest BCUT2D eigenvalue weighted by Crippen LogP contribution is -2.09. The lowest BCUT2D eigenvalue weighted by atomic mass is 10.1. The minimum atomic E-state index is -0.484. The van der Waals surface area contributed by atoms with E-state index in [0.29, 0.717) is 22.5 Å². The molecule has 0 heterocycles. The minimum absolute atomic E-state index is 0.0726. The third-order valence-electron chi connectivity index (χ3n) is 2.00. The summed E-state index contributed by atoms with van der Waals surface area (Å²) in [5.74, 6) is -0.924. The Morgan fingerprint density at radius 3 is 2.75 bits per heavy atom. The molecule has 0 saturated carbocycles. The molecule has 0 aliphatic heterocycles. The summed E-state index contributed by atoms with van der Waals surface area (Å²) < 4.78 is 18.2. The Labute approximate surface area is 107 Å². The van der Waals surface area contributed by atoms with Crippen molar-refractivity contribution in [1.29, 1.82) is 0 Å². The van der Waals surface area contributed by atoms with Crippen molar-refractivity contribution in [3.8, 4) is 0 Å². The fourth-order valence-electron chi connectivity index (χ4n) is 1.25. The van der Waals surface area contributed by atoms with E-state index in [1.807, 2.05) is 0 Å². The van der Waals surface area contributed by atoms with Crippen LogP contribution < -0.4 is 0 Å². The van der Waals surface area contributed by atoms with E-state index in [1.54, 1.807) is 13.0 Å². The molecule has 0 unspecified atom stereocenters. The molecule has 1 aromatic carbocycles. The molecule has 5 heteroatoms. The topological polar surface area (TPSA) is 26.3 Å². The van der Waals surface area contributed by atoms with Crippen LogP contribution in [0.25, 0.3) is 0 Å². The van der Waals surface area contributed by atoms with Crippen LogP contribution in [0.2, 0.25) is 5.02 Å². The number of carbonyl (C=O) groups excluding carboxylic acids is 1. The zero-order chi connectivity index (χ0) is 12.1. The Morgan fingerprint density at radius 2 is 2.19 bits per heavy atom. The summed E-state index contributed by atoms with van der Waals surface area (Å²) in [4.78, 5) is 11.2. The van der Waals surface area contributed by atoms with Gasteiger partial charge in [0.2, 0.25) is 0 Å². The van der Waals surface area contributed by atoms with Crippen LogP contribution in [0.4, 0.5) is 4.39 Å². The Morgan fingerprint density at radius 1 is 1.50 bits per heavy atom. The fourth-order valence-corrected chi connectivity index (χ4v) is 2.09. The van der Waals surface area contributed by atoms with Crippen LogP contribution >= 0.6 is 27.5 Å². The van der Waals surface area contributed by atoms with E-state index in [9.17, 15) is 9.18 Å². The van der Waals surface area contributed by atoms with Crippen LogP contribution in [0, 0.1) is 5.82 Å². The number of halogens is 3. The van der Waals surface area contributed by atoms with Crippen molar-refractivity contribution in [2.24, 2.45) is 0 Å². The average Bonchev–Trinajstić information content (AvgIpc) is 2.22. The highest BCUT2D eigenvalue weighted by atomic mass is 79.9. The van der Waals surface area contributed by atoms with Gasteiger partial charge in [0.25, 0.3) is 0 Å². The Kier molecular flexibility index (Phi) is 5.22. The van der Waals surface area contributed by atoms with Crippen molar-refractivity contribution in [2.75, 3.05) is 6.61 Å². The fraction of sp³-hybridized carbons (Fsp3) is 0.364. The van der Waals surface area contributed by atoms with Gasteiger partial charge in [-0.05, 0) is 30.2 Å². The first-order chi connectivity index (χ1) is 7.58. The van der Waals surface area contributed by atoms with Gasteiger partial charge in [0.1, 0.15) is 5.82 Å². The molecule has 16 heavy (non-hydrogen) atoms. The number of alkyl halides is 1. The molecule has 0 atom stereocenters. The number of hydrogen-bond donors (Lipinski definition) is 0. The summed E-state index contributed by atoms with van der Waals surface area (Å²) >= 11 is 9.05. The summed E-state index contributed by atoms with van der Waals surface area (Å²) in [7, 11) is 0. The summed E-state index contributed by atoms with van der Waals surface area (Å²) in [5, 5.41) is 0.865. The smallest absolute Gasteiger partial charge is 0.310 e. The standard InChI is InChI=1S/C11H11BrClFO2/c1-2-16-11(15)4-7-3-8(6-12)9(13)5-10(7)14/h3,5H,2,4,6H2,1H3. The largest absolute Gasteiger partial charge is 0.466 e. The van der Waals surface area contributed by atoms with E-state index in [1.165, 1.54) is 6.07 Å². The van der Waals surface area contributed by atoms with E-state index >= 15 is 0 Å². The van der Waals surface area contributed by atoms with Crippen molar-refractivity contribution in [3.63, 3.8) is 0 Å². The maximum Gasteiger partial charge on any atom is 0.310 e. The maximum atomic E-state index is 13.5. The van der Waals surface area contributed by atoms with Gasteiger partial charge in [0.15, 0.2) is 0 Å². The number of rotatable bonds is 4. The van der Waals surface area contributed by atoms with E-state index in [4.69, 9.17) is 16.3 Å². The predicted octanol–water partition coefficient (Wildman–Crippen LogP) is 3.48. The third-order valence-corrected chi connectivity index (χ3v) is 2.96. The molecule has 1 aromatic rings.